The highest BCUT2D eigenvalue weighted by atomic mass is 79.9. The first-order valence-corrected chi connectivity index (χ1v) is 9.65. The van der Waals surface area contributed by atoms with Crippen LogP contribution < -0.4 is 14.8 Å². The van der Waals surface area contributed by atoms with Crippen LogP contribution in [-0.4, -0.2) is 30.2 Å². The first-order valence-electron chi connectivity index (χ1n) is 8.86. The molecule has 0 aromatic heterocycles. The Morgan fingerprint density at radius 1 is 1.27 bits per heavy atom. The summed E-state index contributed by atoms with van der Waals surface area (Å²) in [6.07, 6.45) is 3.01. The molecule has 2 aromatic carbocycles. The highest BCUT2D eigenvalue weighted by molar-refractivity contribution is 9.10. The number of nitriles is 1. The molecule has 0 spiro atoms. The van der Waals surface area contributed by atoms with E-state index in [1.807, 2.05) is 13.0 Å². The van der Waals surface area contributed by atoms with Gasteiger partial charge in [0.2, 0.25) is 0 Å². The number of carbonyl (C=O) groups is 2. The highest BCUT2D eigenvalue weighted by Crippen LogP contribution is 2.35. The number of carboxylic acids is 1. The fraction of sp³-hybridized carbons (Fsp3) is 0.136. The molecule has 30 heavy (non-hydrogen) atoms. The van der Waals surface area contributed by atoms with Crippen molar-refractivity contribution in [1.29, 1.82) is 5.26 Å². The third-order valence-electron chi connectivity index (χ3n) is 3.75. The molecule has 0 aliphatic rings. The zero-order chi connectivity index (χ0) is 22.1. The van der Waals surface area contributed by atoms with Crippen LogP contribution in [0.3, 0.4) is 0 Å². The van der Waals surface area contributed by atoms with Crippen LogP contribution in [0.1, 0.15) is 22.8 Å². The van der Waals surface area contributed by atoms with Crippen LogP contribution in [0.25, 0.3) is 6.08 Å². The summed E-state index contributed by atoms with van der Waals surface area (Å²) in [5.74, 6) is -0.833. The van der Waals surface area contributed by atoms with E-state index in [2.05, 4.69) is 27.8 Å². The third-order valence-corrected chi connectivity index (χ3v) is 4.44. The summed E-state index contributed by atoms with van der Waals surface area (Å²) in [5, 5.41) is 21.0. The number of carboxylic acid groups (broad SMARTS) is 1. The van der Waals surface area contributed by atoms with E-state index in [9.17, 15) is 14.9 Å². The quantitative estimate of drug-likeness (QED) is 0.313. The maximum absolute atomic E-state index is 12.5. The second-order valence-electron chi connectivity index (χ2n) is 5.86. The molecule has 2 N–H and O–H groups in total. The van der Waals surface area contributed by atoms with E-state index in [1.54, 1.807) is 18.2 Å². The van der Waals surface area contributed by atoms with Crippen molar-refractivity contribution in [3.05, 3.63) is 70.2 Å². The van der Waals surface area contributed by atoms with Gasteiger partial charge in [0.05, 0.1) is 12.2 Å². The number of nitrogens with zero attached hydrogens (tertiary/aromatic N) is 1. The standard InChI is InChI=1S/C22H19BrN2O5/c1-3-8-30-20-12-18(23)15(11-19(20)29-4-2)9-16(13-24)21(26)25-17-7-5-6-14(10-17)22(27)28/h3,5-7,9-12H,1,4,8H2,2H3,(H,25,26)(H,27,28). The summed E-state index contributed by atoms with van der Waals surface area (Å²) in [6.45, 7) is 6.14. The molecule has 2 aromatic rings. The van der Waals surface area contributed by atoms with Gasteiger partial charge in [-0.2, -0.15) is 5.26 Å². The molecule has 0 fully saturated rings. The van der Waals surface area contributed by atoms with Gasteiger partial charge in [-0.15, -0.1) is 0 Å². The van der Waals surface area contributed by atoms with E-state index in [-0.39, 0.29) is 16.8 Å². The fourth-order valence-corrected chi connectivity index (χ4v) is 2.86. The van der Waals surface area contributed by atoms with Crippen LogP contribution in [-0.2, 0) is 4.79 Å². The van der Waals surface area contributed by atoms with Crippen molar-refractivity contribution < 1.29 is 24.2 Å². The van der Waals surface area contributed by atoms with E-state index in [4.69, 9.17) is 14.6 Å². The van der Waals surface area contributed by atoms with Crippen molar-refractivity contribution in [3.63, 3.8) is 0 Å². The van der Waals surface area contributed by atoms with E-state index < -0.39 is 11.9 Å². The summed E-state index contributed by atoms with van der Waals surface area (Å²) in [7, 11) is 0. The van der Waals surface area contributed by atoms with Gasteiger partial charge in [-0.3, -0.25) is 4.79 Å². The summed E-state index contributed by atoms with van der Waals surface area (Å²) in [5.41, 5.74) is 0.659. The predicted octanol–water partition coefficient (Wildman–Crippen LogP) is 4.66. The van der Waals surface area contributed by atoms with Crippen molar-refractivity contribution in [2.75, 3.05) is 18.5 Å². The molecule has 7 nitrogen and oxygen atoms in total. The second kappa shape index (κ2) is 10.8. The molecule has 0 aliphatic carbocycles. The Morgan fingerprint density at radius 2 is 2.00 bits per heavy atom. The summed E-state index contributed by atoms with van der Waals surface area (Å²) < 4.78 is 11.8. The first-order chi connectivity index (χ1) is 14.4. The number of ether oxygens (including phenoxy) is 2. The molecule has 0 saturated carbocycles. The second-order valence-corrected chi connectivity index (χ2v) is 6.72. The molecule has 0 bridgehead atoms. The largest absolute Gasteiger partial charge is 0.490 e. The molecular formula is C22H19BrN2O5. The van der Waals surface area contributed by atoms with Crippen LogP contribution in [0, 0.1) is 11.3 Å². The van der Waals surface area contributed by atoms with Gasteiger partial charge >= 0.3 is 5.97 Å². The minimum atomic E-state index is -1.12. The Morgan fingerprint density at radius 3 is 2.63 bits per heavy atom. The van der Waals surface area contributed by atoms with Crippen molar-refractivity contribution in [1.82, 2.24) is 0 Å². The number of hydrogen-bond acceptors (Lipinski definition) is 5. The third kappa shape index (κ3) is 5.96. The van der Waals surface area contributed by atoms with Crippen molar-refractivity contribution >= 4 is 39.6 Å². The Balaban J connectivity index is 2.34. The van der Waals surface area contributed by atoms with Crippen molar-refractivity contribution in [2.24, 2.45) is 0 Å². The predicted molar refractivity (Wildman–Crippen MR) is 117 cm³/mol. The monoisotopic (exact) mass is 470 g/mol. The van der Waals surface area contributed by atoms with Crippen molar-refractivity contribution in [2.45, 2.75) is 6.92 Å². The van der Waals surface area contributed by atoms with Gasteiger partial charge in [-0.1, -0.05) is 34.7 Å². The molecule has 1 amide bonds. The SMILES string of the molecule is C=CCOc1cc(Br)c(C=C(C#N)C(=O)Nc2cccc(C(=O)O)c2)cc1OCC. The zero-order valence-electron chi connectivity index (χ0n) is 16.1. The number of carbonyl (C=O) groups excluding carboxylic acids is 1. The minimum Gasteiger partial charge on any atom is -0.490 e. The highest BCUT2D eigenvalue weighted by Gasteiger charge is 2.14. The molecule has 0 heterocycles. The Hall–Kier alpha value is -3.57. The molecule has 0 unspecified atom stereocenters. The van der Waals surface area contributed by atoms with Crippen LogP contribution in [0.15, 0.2) is 59.1 Å². The molecule has 0 atom stereocenters. The summed E-state index contributed by atoms with van der Waals surface area (Å²) in [4.78, 5) is 23.6. The number of rotatable bonds is 9. The van der Waals surface area contributed by atoms with E-state index >= 15 is 0 Å². The zero-order valence-corrected chi connectivity index (χ0v) is 17.7. The number of anilines is 1. The molecule has 0 radical (unpaired) electrons. The Labute approximate surface area is 182 Å². The fourth-order valence-electron chi connectivity index (χ4n) is 2.42. The summed E-state index contributed by atoms with van der Waals surface area (Å²) in [6, 6.07) is 11.0. The lowest BCUT2D eigenvalue weighted by molar-refractivity contribution is -0.112. The minimum absolute atomic E-state index is 0.0227. The maximum Gasteiger partial charge on any atom is 0.335 e. The molecular weight excluding hydrogens is 452 g/mol. The van der Waals surface area contributed by atoms with Gasteiger partial charge in [-0.05, 0) is 48.9 Å². The van der Waals surface area contributed by atoms with Crippen LogP contribution in [0.4, 0.5) is 5.69 Å². The molecule has 0 saturated heterocycles. The van der Waals surface area contributed by atoms with Crippen LogP contribution in [0.2, 0.25) is 0 Å². The molecule has 154 valence electrons. The lowest BCUT2D eigenvalue weighted by Gasteiger charge is -2.13. The van der Waals surface area contributed by atoms with E-state index in [0.717, 1.165) is 0 Å². The van der Waals surface area contributed by atoms with Crippen LogP contribution in [0.5, 0.6) is 11.5 Å². The van der Waals surface area contributed by atoms with Gasteiger partial charge in [0.1, 0.15) is 18.2 Å². The summed E-state index contributed by atoms with van der Waals surface area (Å²) >= 11 is 3.41. The number of nitrogens with one attached hydrogen (secondary N) is 1. The molecule has 2 rings (SSSR count). The van der Waals surface area contributed by atoms with Crippen LogP contribution >= 0.6 is 15.9 Å². The number of hydrogen-bond donors (Lipinski definition) is 2. The average molecular weight is 471 g/mol. The maximum atomic E-state index is 12.5. The topological polar surface area (TPSA) is 109 Å². The number of amides is 1. The molecule has 8 heteroatoms. The number of aromatic carboxylic acids is 1. The van der Waals surface area contributed by atoms with Gasteiger partial charge in [-0.25, -0.2) is 4.79 Å². The first kappa shape index (κ1) is 22.7. The number of halogens is 1. The van der Waals surface area contributed by atoms with Gasteiger partial charge < -0.3 is 19.9 Å². The number of benzene rings is 2. The Kier molecular flexibility index (Phi) is 8.20. The average Bonchev–Trinajstić information content (AvgIpc) is 2.72. The lowest BCUT2D eigenvalue weighted by Crippen LogP contribution is -2.14. The molecule has 0 aliphatic heterocycles. The Bertz CT molecular complexity index is 1040. The van der Waals surface area contributed by atoms with Gasteiger partial charge in [0.15, 0.2) is 11.5 Å². The van der Waals surface area contributed by atoms with Crippen molar-refractivity contribution in [3.8, 4) is 17.6 Å². The van der Waals surface area contributed by atoms with E-state index in [0.29, 0.717) is 34.7 Å². The smallest absolute Gasteiger partial charge is 0.335 e. The lowest BCUT2D eigenvalue weighted by atomic mass is 10.1. The van der Waals surface area contributed by atoms with Gasteiger partial charge in [0.25, 0.3) is 5.91 Å². The van der Waals surface area contributed by atoms with E-state index in [1.165, 1.54) is 30.3 Å². The normalized spacial score (nSPS) is 10.6. The van der Waals surface area contributed by atoms with Gasteiger partial charge in [0, 0.05) is 10.2 Å².